The summed E-state index contributed by atoms with van der Waals surface area (Å²) in [5.74, 6) is 5.69. The highest BCUT2D eigenvalue weighted by Gasteiger charge is 2.02. The maximum absolute atomic E-state index is 10.9. The lowest BCUT2D eigenvalue weighted by atomic mass is 10.3. The van der Waals surface area contributed by atoms with Gasteiger partial charge < -0.3 is 5.73 Å². The Bertz CT molecular complexity index is 373. The molecule has 0 heterocycles. The number of hydrogen-bond acceptors (Lipinski definition) is 4. The molecule has 4 nitrogen and oxygen atoms in total. The Hall–Kier alpha value is -0.720. The fourth-order valence-corrected chi connectivity index (χ4v) is 2.42. The van der Waals surface area contributed by atoms with Crippen molar-refractivity contribution >= 4 is 39.3 Å². The number of nitrogens with two attached hydrogens (primary N) is 2. The van der Waals surface area contributed by atoms with Gasteiger partial charge in [-0.15, -0.1) is 11.8 Å². The topological polar surface area (TPSA) is 81.1 Å². The summed E-state index contributed by atoms with van der Waals surface area (Å²) in [5.41, 5.74) is 8.70. The number of benzene rings is 1. The Balaban J connectivity index is 2.35. The second-order valence-electron chi connectivity index (χ2n) is 3.20. The number of anilines is 1. The molecule has 1 rings (SSSR count). The number of nitrogens with one attached hydrogen (secondary N) is 1. The maximum Gasteiger partial charge on any atom is 0.233 e. The highest BCUT2D eigenvalue weighted by molar-refractivity contribution is 9.10. The average Bonchev–Trinajstić information content (AvgIpc) is 2.26. The third kappa shape index (κ3) is 4.42. The van der Waals surface area contributed by atoms with E-state index < -0.39 is 0 Å². The van der Waals surface area contributed by atoms with Crippen molar-refractivity contribution in [3.05, 3.63) is 22.7 Å². The van der Waals surface area contributed by atoms with E-state index in [9.17, 15) is 4.79 Å². The van der Waals surface area contributed by atoms with Gasteiger partial charge in [0.2, 0.25) is 5.91 Å². The number of nitrogen functional groups attached to an aromatic ring is 1. The molecule has 5 N–H and O–H groups in total. The zero-order valence-corrected chi connectivity index (χ0v) is 11.1. The van der Waals surface area contributed by atoms with Gasteiger partial charge in [0.05, 0.1) is 0 Å². The van der Waals surface area contributed by atoms with E-state index in [0.29, 0.717) is 6.42 Å². The van der Waals surface area contributed by atoms with Crippen LogP contribution in [0.4, 0.5) is 5.69 Å². The first-order valence-corrected chi connectivity index (χ1v) is 6.58. The molecule has 88 valence electrons. The SMILES string of the molecule is NNC(=O)CCCSc1ccc(Br)cc1N. The minimum Gasteiger partial charge on any atom is -0.398 e. The second kappa shape index (κ2) is 6.78. The summed E-state index contributed by atoms with van der Waals surface area (Å²) in [6, 6.07) is 5.79. The summed E-state index contributed by atoms with van der Waals surface area (Å²) in [5, 5.41) is 0. The van der Waals surface area contributed by atoms with Gasteiger partial charge >= 0.3 is 0 Å². The lowest BCUT2D eigenvalue weighted by molar-refractivity contribution is -0.121. The summed E-state index contributed by atoms with van der Waals surface area (Å²) < 4.78 is 0.969. The zero-order valence-electron chi connectivity index (χ0n) is 8.70. The third-order valence-corrected chi connectivity index (χ3v) is 3.61. The lowest BCUT2D eigenvalue weighted by Gasteiger charge is -2.05. The maximum atomic E-state index is 10.9. The predicted molar refractivity (Wildman–Crippen MR) is 70.8 cm³/mol. The van der Waals surface area contributed by atoms with Crippen LogP contribution in [0.15, 0.2) is 27.6 Å². The van der Waals surface area contributed by atoms with Gasteiger partial charge in [-0.3, -0.25) is 10.2 Å². The van der Waals surface area contributed by atoms with Crippen molar-refractivity contribution in [1.82, 2.24) is 5.43 Å². The third-order valence-electron chi connectivity index (χ3n) is 1.94. The Morgan fingerprint density at radius 3 is 2.88 bits per heavy atom. The van der Waals surface area contributed by atoms with E-state index in [2.05, 4.69) is 21.4 Å². The van der Waals surface area contributed by atoms with E-state index in [1.165, 1.54) is 0 Å². The average molecular weight is 304 g/mol. The van der Waals surface area contributed by atoms with Crippen LogP contribution < -0.4 is 17.0 Å². The Labute approximate surface area is 107 Å². The largest absolute Gasteiger partial charge is 0.398 e. The number of amides is 1. The smallest absolute Gasteiger partial charge is 0.233 e. The Morgan fingerprint density at radius 1 is 1.50 bits per heavy atom. The van der Waals surface area contributed by atoms with Crippen molar-refractivity contribution in [3.8, 4) is 0 Å². The summed E-state index contributed by atoms with van der Waals surface area (Å²) in [7, 11) is 0. The van der Waals surface area contributed by atoms with Crippen molar-refractivity contribution in [2.75, 3.05) is 11.5 Å². The molecule has 0 unspecified atom stereocenters. The van der Waals surface area contributed by atoms with Crippen LogP contribution in [-0.4, -0.2) is 11.7 Å². The van der Waals surface area contributed by atoms with Gasteiger partial charge in [0, 0.05) is 21.5 Å². The molecule has 1 aromatic rings. The molecule has 0 fully saturated rings. The summed E-state index contributed by atoms with van der Waals surface area (Å²) >= 11 is 4.99. The standard InChI is InChI=1S/C10H14BrN3OS/c11-7-3-4-9(8(12)6-7)16-5-1-2-10(15)14-13/h3-4,6H,1-2,5,12-13H2,(H,14,15). The molecule has 0 aliphatic rings. The highest BCUT2D eigenvalue weighted by Crippen LogP contribution is 2.28. The predicted octanol–water partition coefficient (Wildman–Crippen LogP) is 1.89. The first kappa shape index (κ1) is 13.3. The molecule has 0 spiro atoms. The molecule has 0 aromatic heterocycles. The first-order valence-electron chi connectivity index (χ1n) is 4.80. The Morgan fingerprint density at radius 2 is 2.25 bits per heavy atom. The van der Waals surface area contributed by atoms with E-state index in [-0.39, 0.29) is 5.91 Å². The monoisotopic (exact) mass is 303 g/mol. The van der Waals surface area contributed by atoms with Crippen LogP contribution in [0.3, 0.4) is 0 Å². The summed E-state index contributed by atoms with van der Waals surface area (Å²) in [6.07, 6.45) is 1.23. The van der Waals surface area contributed by atoms with Gasteiger partial charge in [-0.2, -0.15) is 0 Å². The van der Waals surface area contributed by atoms with Crippen molar-refractivity contribution < 1.29 is 4.79 Å². The fourth-order valence-electron chi connectivity index (χ4n) is 1.14. The van der Waals surface area contributed by atoms with Gasteiger partial charge in [0.1, 0.15) is 0 Å². The van der Waals surface area contributed by atoms with E-state index in [1.54, 1.807) is 11.8 Å². The van der Waals surface area contributed by atoms with Crippen LogP contribution in [0.25, 0.3) is 0 Å². The summed E-state index contributed by atoms with van der Waals surface area (Å²) in [4.78, 5) is 11.9. The number of halogens is 1. The second-order valence-corrected chi connectivity index (χ2v) is 5.25. The van der Waals surface area contributed by atoms with Crippen LogP contribution in [-0.2, 0) is 4.79 Å². The minimum atomic E-state index is -0.135. The van der Waals surface area contributed by atoms with Crippen molar-refractivity contribution in [2.24, 2.45) is 5.84 Å². The lowest BCUT2D eigenvalue weighted by Crippen LogP contribution is -2.29. The molecule has 0 saturated heterocycles. The quantitative estimate of drug-likeness (QED) is 0.194. The zero-order chi connectivity index (χ0) is 12.0. The number of hydrogen-bond donors (Lipinski definition) is 3. The Kier molecular flexibility index (Phi) is 5.65. The molecule has 6 heteroatoms. The van der Waals surface area contributed by atoms with Gasteiger partial charge in [0.25, 0.3) is 0 Å². The van der Waals surface area contributed by atoms with Gasteiger partial charge in [0.15, 0.2) is 0 Å². The number of carbonyl (C=O) groups is 1. The van der Waals surface area contributed by atoms with E-state index in [4.69, 9.17) is 11.6 Å². The fraction of sp³-hybridized carbons (Fsp3) is 0.300. The first-order chi connectivity index (χ1) is 7.63. The number of thioether (sulfide) groups is 1. The van der Waals surface area contributed by atoms with Crippen LogP contribution >= 0.6 is 27.7 Å². The van der Waals surface area contributed by atoms with Gasteiger partial charge in [-0.05, 0) is 30.4 Å². The molecule has 0 radical (unpaired) electrons. The van der Waals surface area contributed by atoms with Crippen molar-refractivity contribution in [3.63, 3.8) is 0 Å². The number of hydrazine groups is 1. The van der Waals surface area contributed by atoms with E-state index >= 15 is 0 Å². The molecular formula is C10H14BrN3OS. The van der Waals surface area contributed by atoms with Gasteiger partial charge in [-0.1, -0.05) is 15.9 Å². The molecule has 1 aromatic carbocycles. The molecule has 1 amide bonds. The minimum absolute atomic E-state index is 0.135. The number of rotatable bonds is 5. The number of carbonyl (C=O) groups excluding carboxylic acids is 1. The van der Waals surface area contributed by atoms with Gasteiger partial charge in [-0.25, -0.2) is 5.84 Å². The van der Waals surface area contributed by atoms with Crippen molar-refractivity contribution in [1.29, 1.82) is 0 Å². The normalized spacial score (nSPS) is 10.1. The molecule has 0 aliphatic heterocycles. The van der Waals surface area contributed by atoms with Crippen LogP contribution in [0.1, 0.15) is 12.8 Å². The molecular weight excluding hydrogens is 290 g/mol. The molecule has 0 atom stereocenters. The molecule has 0 saturated carbocycles. The van der Waals surface area contributed by atoms with E-state index in [1.807, 2.05) is 18.2 Å². The molecule has 0 bridgehead atoms. The molecule has 16 heavy (non-hydrogen) atoms. The molecule has 0 aliphatic carbocycles. The highest BCUT2D eigenvalue weighted by atomic mass is 79.9. The van der Waals surface area contributed by atoms with Crippen LogP contribution in [0.5, 0.6) is 0 Å². The van der Waals surface area contributed by atoms with Crippen molar-refractivity contribution in [2.45, 2.75) is 17.7 Å². The van der Waals surface area contributed by atoms with Crippen LogP contribution in [0.2, 0.25) is 0 Å². The van der Waals surface area contributed by atoms with E-state index in [0.717, 1.165) is 27.2 Å². The van der Waals surface area contributed by atoms with Crippen LogP contribution in [0, 0.1) is 0 Å². The summed E-state index contributed by atoms with van der Waals surface area (Å²) in [6.45, 7) is 0.